The Labute approximate surface area is 78.7 Å². The van der Waals surface area contributed by atoms with E-state index in [0.29, 0.717) is 0 Å². The molecule has 74 valence electrons. The van der Waals surface area contributed by atoms with Crippen LogP contribution in [0.2, 0.25) is 0 Å². The van der Waals surface area contributed by atoms with E-state index in [2.05, 4.69) is 5.32 Å². The van der Waals surface area contributed by atoms with Crippen molar-refractivity contribution in [3.63, 3.8) is 0 Å². The second-order valence-electron chi connectivity index (χ2n) is 2.99. The predicted molar refractivity (Wildman–Crippen MR) is 45.1 cm³/mol. The van der Waals surface area contributed by atoms with Gasteiger partial charge in [0.2, 0.25) is 5.82 Å². The third kappa shape index (κ3) is 1.21. The van der Waals surface area contributed by atoms with Crippen LogP contribution < -0.4 is 10.1 Å². The Bertz CT molecular complexity index is 406. The summed E-state index contributed by atoms with van der Waals surface area (Å²) in [6, 6.07) is 2.20. The Kier molecular flexibility index (Phi) is 1.87. The van der Waals surface area contributed by atoms with Crippen LogP contribution in [0.4, 0.5) is 14.5 Å². The summed E-state index contributed by atoms with van der Waals surface area (Å²) in [5.74, 6) is -2.68. The fourth-order valence-electron chi connectivity index (χ4n) is 1.21. The van der Waals surface area contributed by atoms with Crippen LogP contribution in [0.5, 0.6) is 5.75 Å². The minimum Gasteiger partial charge on any atom is -0.475 e. The molecule has 0 bridgehead atoms. The first kappa shape index (κ1) is 8.93. The molecule has 2 rings (SSSR count). The number of fused-ring (bicyclic) bond motifs is 1. The van der Waals surface area contributed by atoms with Gasteiger partial charge in [0.1, 0.15) is 0 Å². The van der Waals surface area contributed by atoms with Crippen LogP contribution in [0, 0.1) is 11.6 Å². The summed E-state index contributed by atoms with van der Waals surface area (Å²) >= 11 is 0. The van der Waals surface area contributed by atoms with Crippen molar-refractivity contribution < 1.29 is 18.3 Å². The molecule has 14 heavy (non-hydrogen) atoms. The molecule has 0 saturated heterocycles. The zero-order valence-electron chi connectivity index (χ0n) is 7.30. The number of ether oxygens (including phenoxy) is 1. The molecule has 0 aromatic heterocycles. The van der Waals surface area contributed by atoms with E-state index in [1.807, 2.05) is 0 Å². The second-order valence-corrected chi connectivity index (χ2v) is 2.99. The molecule has 0 saturated carbocycles. The summed E-state index contributed by atoms with van der Waals surface area (Å²) in [4.78, 5) is 11.1. The average molecular weight is 199 g/mol. The molecule has 1 aromatic rings. The van der Waals surface area contributed by atoms with Gasteiger partial charge >= 0.3 is 0 Å². The van der Waals surface area contributed by atoms with Crippen molar-refractivity contribution in [3.05, 3.63) is 23.8 Å². The summed E-state index contributed by atoms with van der Waals surface area (Å²) < 4.78 is 30.8. The van der Waals surface area contributed by atoms with Gasteiger partial charge in [-0.15, -0.1) is 0 Å². The molecule has 0 fully saturated rings. The Morgan fingerprint density at radius 2 is 2.14 bits per heavy atom. The molecule has 0 aliphatic carbocycles. The number of nitrogens with one attached hydrogen (secondary N) is 1. The van der Waals surface area contributed by atoms with E-state index in [1.54, 1.807) is 0 Å². The van der Waals surface area contributed by atoms with E-state index in [-0.39, 0.29) is 17.3 Å². The molecule has 1 atom stereocenters. The number of anilines is 1. The largest absolute Gasteiger partial charge is 0.475 e. The van der Waals surface area contributed by atoms with Crippen molar-refractivity contribution in [2.75, 3.05) is 5.32 Å². The first-order chi connectivity index (χ1) is 6.59. The van der Waals surface area contributed by atoms with Crippen LogP contribution in [-0.2, 0) is 4.79 Å². The summed E-state index contributed by atoms with van der Waals surface area (Å²) in [7, 11) is 0. The van der Waals surface area contributed by atoms with Crippen molar-refractivity contribution in [1.82, 2.24) is 0 Å². The van der Waals surface area contributed by atoms with E-state index >= 15 is 0 Å². The predicted octanol–water partition coefficient (Wildman–Crippen LogP) is 1.68. The number of hydrogen-bond acceptors (Lipinski definition) is 2. The lowest BCUT2D eigenvalue weighted by atomic mass is 10.2. The maximum Gasteiger partial charge on any atom is 0.265 e. The Morgan fingerprint density at radius 1 is 1.43 bits per heavy atom. The van der Waals surface area contributed by atoms with Crippen LogP contribution in [0.3, 0.4) is 0 Å². The van der Waals surface area contributed by atoms with Gasteiger partial charge in [-0.2, -0.15) is 4.39 Å². The van der Waals surface area contributed by atoms with E-state index < -0.39 is 17.7 Å². The van der Waals surface area contributed by atoms with Crippen molar-refractivity contribution in [3.8, 4) is 5.75 Å². The highest BCUT2D eigenvalue weighted by molar-refractivity contribution is 5.97. The van der Waals surface area contributed by atoms with E-state index in [4.69, 9.17) is 4.74 Å². The zero-order chi connectivity index (χ0) is 10.3. The number of carbonyl (C=O) groups is 1. The molecule has 0 spiro atoms. The monoisotopic (exact) mass is 199 g/mol. The van der Waals surface area contributed by atoms with Gasteiger partial charge in [-0.3, -0.25) is 4.79 Å². The SMILES string of the molecule is C[C@H]1Oc2c(ccc(F)c2F)NC1=O. The van der Waals surface area contributed by atoms with Gasteiger partial charge in [0, 0.05) is 0 Å². The zero-order valence-corrected chi connectivity index (χ0v) is 7.30. The standard InChI is InChI=1S/C9H7F2NO2/c1-4-9(13)12-6-3-2-5(10)7(11)8(6)14-4/h2-4H,1H3,(H,12,13)/t4-/m1/s1. The van der Waals surface area contributed by atoms with Crippen LogP contribution in [-0.4, -0.2) is 12.0 Å². The summed E-state index contributed by atoms with van der Waals surface area (Å²) in [5, 5.41) is 2.41. The molecular formula is C9H7F2NO2. The van der Waals surface area contributed by atoms with Gasteiger partial charge in [0.25, 0.3) is 5.91 Å². The van der Waals surface area contributed by atoms with Crippen LogP contribution in [0.15, 0.2) is 12.1 Å². The summed E-state index contributed by atoms with van der Waals surface area (Å²) in [5.41, 5.74) is 0.159. The number of rotatable bonds is 0. The average Bonchev–Trinajstić information content (AvgIpc) is 2.15. The van der Waals surface area contributed by atoms with Gasteiger partial charge in [0.15, 0.2) is 17.7 Å². The molecule has 1 aromatic carbocycles. The van der Waals surface area contributed by atoms with Crippen LogP contribution in [0.1, 0.15) is 6.92 Å². The maximum absolute atomic E-state index is 13.1. The lowest BCUT2D eigenvalue weighted by molar-refractivity contribution is -0.122. The molecule has 1 heterocycles. The lowest BCUT2D eigenvalue weighted by Crippen LogP contribution is -2.34. The van der Waals surface area contributed by atoms with Gasteiger partial charge in [0.05, 0.1) is 5.69 Å². The van der Waals surface area contributed by atoms with Crippen LogP contribution >= 0.6 is 0 Å². The highest BCUT2D eigenvalue weighted by Crippen LogP contribution is 2.33. The van der Waals surface area contributed by atoms with Crippen molar-refractivity contribution in [2.24, 2.45) is 0 Å². The molecule has 1 aliphatic heterocycles. The second kappa shape index (κ2) is 2.94. The number of halogens is 2. The molecule has 0 unspecified atom stereocenters. The normalized spacial score (nSPS) is 19.6. The minimum absolute atomic E-state index is 0.159. The highest BCUT2D eigenvalue weighted by Gasteiger charge is 2.27. The molecule has 1 N–H and O–H groups in total. The smallest absolute Gasteiger partial charge is 0.265 e. The number of hydrogen-bond donors (Lipinski definition) is 1. The summed E-state index contributed by atoms with van der Waals surface area (Å²) in [6.45, 7) is 1.46. The maximum atomic E-state index is 13.1. The third-order valence-electron chi connectivity index (χ3n) is 1.97. The number of amides is 1. The Morgan fingerprint density at radius 3 is 2.86 bits per heavy atom. The quantitative estimate of drug-likeness (QED) is 0.690. The Hall–Kier alpha value is -1.65. The number of benzene rings is 1. The fourth-order valence-corrected chi connectivity index (χ4v) is 1.21. The molecule has 0 radical (unpaired) electrons. The minimum atomic E-state index is -1.07. The van der Waals surface area contributed by atoms with Gasteiger partial charge < -0.3 is 10.1 Å². The summed E-state index contributed by atoms with van der Waals surface area (Å²) in [6.07, 6.45) is -0.807. The van der Waals surface area contributed by atoms with E-state index in [1.165, 1.54) is 13.0 Å². The van der Waals surface area contributed by atoms with Gasteiger partial charge in [-0.1, -0.05) is 0 Å². The van der Waals surface area contributed by atoms with Crippen molar-refractivity contribution >= 4 is 11.6 Å². The first-order valence-electron chi connectivity index (χ1n) is 4.05. The molecule has 1 amide bonds. The molecule has 5 heteroatoms. The van der Waals surface area contributed by atoms with Crippen molar-refractivity contribution in [2.45, 2.75) is 13.0 Å². The highest BCUT2D eigenvalue weighted by atomic mass is 19.2. The molecule has 3 nitrogen and oxygen atoms in total. The van der Waals surface area contributed by atoms with Gasteiger partial charge in [-0.25, -0.2) is 4.39 Å². The van der Waals surface area contributed by atoms with Crippen LogP contribution in [0.25, 0.3) is 0 Å². The van der Waals surface area contributed by atoms with Crippen molar-refractivity contribution in [1.29, 1.82) is 0 Å². The van der Waals surface area contributed by atoms with Gasteiger partial charge in [-0.05, 0) is 19.1 Å². The van der Waals surface area contributed by atoms with E-state index in [9.17, 15) is 13.6 Å². The topological polar surface area (TPSA) is 38.3 Å². The number of carbonyl (C=O) groups excluding carboxylic acids is 1. The third-order valence-corrected chi connectivity index (χ3v) is 1.97. The Balaban J connectivity index is 2.52. The molecule has 1 aliphatic rings. The van der Waals surface area contributed by atoms with E-state index in [0.717, 1.165) is 6.07 Å². The first-order valence-corrected chi connectivity index (χ1v) is 4.05. The fraction of sp³-hybridized carbons (Fsp3) is 0.222. The lowest BCUT2D eigenvalue weighted by Gasteiger charge is -2.23. The molecular weight excluding hydrogens is 192 g/mol.